The molecule has 10 heteroatoms. The number of aromatic nitrogens is 1. The lowest BCUT2D eigenvalue weighted by Gasteiger charge is -2.34. The zero-order valence-electron chi connectivity index (χ0n) is 20.7. The fourth-order valence-electron chi connectivity index (χ4n) is 4.71. The molecule has 2 aliphatic rings. The Kier molecular flexibility index (Phi) is 7.01. The lowest BCUT2D eigenvalue weighted by molar-refractivity contribution is 0.0570. The van der Waals surface area contributed by atoms with Crippen LogP contribution in [0.1, 0.15) is 48.0 Å². The van der Waals surface area contributed by atoms with Crippen LogP contribution in [0, 0.1) is 0 Å². The molecule has 2 heterocycles. The van der Waals surface area contributed by atoms with Crippen LogP contribution in [0.5, 0.6) is 0 Å². The van der Waals surface area contributed by atoms with E-state index in [1.807, 2.05) is 12.1 Å². The number of nitrogens with one attached hydrogen (secondary N) is 1. The number of piperazine rings is 1. The van der Waals surface area contributed by atoms with Gasteiger partial charge in [-0.25, -0.2) is 13.2 Å². The first-order valence-electron chi connectivity index (χ1n) is 12.6. The summed E-state index contributed by atoms with van der Waals surface area (Å²) in [5.74, 6) is 0.344. The summed E-state index contributed by atoms with van der Waals surface area (Å²) in [6, 6.07) is 13.6. The van der Waals surface area contributed by atoms with Gasteiger partial charge < -0.3 is 14.5 Å². The number of amides is 2. The Hall–Kier alpha value is -3.66. The van der Waals surface area contributed by atoms with Crippen LogP contribution in [0.2, 0.25) is 0 Å². The molecule has 1 aromatic heterocycles. The summed E-state index contributed by atoms with van der Waals surface area (Å²) in [6.07, 6.45) is 4.94. The predicted molar refractivity (Wildman–Crippen MR) is 140 cm³/mol. The van der Waals surface area contributed by atoms with Gasteiger partial charge in [-0.2, -0.15) is 0 Å². The summed E-state index contributed by atoms with van der Waals surface area (Å²) >= 11 is 0. The number of benzene rings is 2. The van der Waals surface area contributed by atoms with Gasteiger partial charge in [0, 0.05) is 49.0 Å². The summed E-state index contributed by atoms with van der Waals surface area (Å²) in [6.45, 7) is 3.69. The Morgan fingerprint density at radius 1 is 1.03 bits per heavy atom. The molecule has 1 saturated carbocycles. The fraction of sp³-hybridized carbons (Fsp3) is 0.370. The minimum Gasteiger partial charge on any atom is -0.450 e. The number of para-hydroxylation sites is 1. The molecule has 194 valence electrons. The first kappa shape index (κ1) is 25.0. The van der Waals surface area contributed by atoms with Crippen LogP contribution in [-0.4, -0.2) is 68.0 Å². The molecule has 9 nitrogen and oxygen atoms in total. The third-order valence-corrected chi connectivity index (χ3v) is 8.45. The van der Waals surface area contributed by atoms with Gasteiger partial charge >= 0.3 is 6.09 Å². The van der Waals surface area contributed by atoms with Crippen LogP contribution in [0.15, 0.2) is 59.6 Å². The van der Waals surface area contributed by atoms with E-state index in [-0.39, 0.29) is 16.9 Å². The van der Waals surface area contributed by atoms with Crippen molar-refractivity contribution in [3.63, 3.8) is 0 Å². The third-order valence-electron chi connectivity index (χ3n) is 7.04. The van der Waals surface area contributed by atoms with E-state index in [0.717, 1.165) is 23.8 Å². The number of nitrogens with zero attached hydrogens (tertiary/aromatic N) is 3. The molecule has 1 aliphatic heterocycles. The molecule has 0 bridgehead atoms. The van der Waals surface area contributed by atoms with E-state index in [9.17, 15) is 18.0 Å². The zero-order chi connectivity index (χ0) is 26.0. The average Bonchev–Trinajstić information content (AvgIpc) is 2.87. The SMILES string of the molecule is CCOC(=O)N1CCN(C(=O)c2ccc(NS(=O)(=O)c3cccc4cc(C5CCC5)cnc34)cc2)CC1. The van der Waals surface area contributed by atoms with Gasteiger partial charge in [-0.1, -0.05) is 18.6 Å². The van der Waals surface area contributed by atoms with Gasteiger partial charge in [-0.05, 0) is 67.6 Å². The molecule has 2 amide bonds. The average molecular weight is 523 g/mol. The number of ether oxygens (including phenoxy) is 1. The van der Waals surface area contributed by atoms with Crippen molar-refractivity contribution in [2.24, 2.45) is 0 Å². The van der Waals surface area contributed by atoms with Crippen LogP contribution >= 0.6 is 0 Å². The monoisotopic (exact) mass is 522 g/mol. The number of pyridine rings is 1. The van der Waals surface area contributed by atoms with E-state index >= 15 is 0 Å². The predicted octanol–water partition coefficient (Wildman–Crippen LogP) is 4.22. The van der Waals surface area contributed by atoms with E-state index < -0.39 is 10.0 Å². The first-order chi connectivity index (χ1) is 17.9. The maximum absolute atomic E-state index is 13.2. The highest BCUT2D eigenvalue weighted by Gasteiger charge is 2.26. The Morgan fingerprint density at radius 2 is 1.73 bits per heavy atom. The number of rotatable bonds is 6. The first-order valence-corrected chi connectivity index (χ1v) is 14.1. The highest BCUT2D eigenvalue weighted by molar-refractivity contribution is 7.93. The van der Waals surface area contributed by atoms with E-state index in [1.54, 1.807) is 59.3 Å². The standard InChI is InChI=1S/C27H30N4O5S/c1-2-36-27(33)31-15-13-30(14-16-31)26(32)20-9-11-23(12-10-20)29-37(34,35)24-8-4-7-21-17-22(18-28-25(21)24)19-5-3-6-19/h4,7-12,17-19,29H,2-3,5-6,13-16H2,1H3. The maximum atomic E-state index is 13.2. The molecular weight excluding hydrogens is 492 g/mol. The number of hydrogen-bond donors (Lipinski definition) is 1. The molecular formula is C27H30N4O5S. The second-order valence-corrected chi connectivity index (χ2v) is 11.0. The fourth-order valence-corrected chi connectivity index (χ4v) is 5.95. The Morgan fingerprint density at radius 3 is 2.38 bits per heavy atom. The van der Waals surface area contributed by atoms with Gasteiger partial charge in [-0.15, -0.1) is 0 Å². The van der Waals surface area contributed by atoms with Crippen molar-refractivity contribution in [1.29, 1.82) is 0 Å². The van der Waals surface area contributed by atoms with Crippen LogP contribution < -0.4 is 4.72 Å². The number of sulfonamides is 1. The third kappa shape index (κ3) is 5.24. The highest BCUT2D eigenvalue weighted by atomic mass is 32.2. The number of hydrogen-bond acceptors (Lipinski definition) is 6. The summed E-state index contributed by atoms with van der Waals surface area (Å²) in [4.78, 5) is 32.7. The number of carbonyl (C=O) groups excluding carboxylic acids is 2. The summed E-state index contributed by atoms with van der Waals surface area (Å²) in [5, 5.41) is 0.802. The molecule has 1 aliphatic carbocycles. The smallest absolute Gasteiger partial charge is 0.409 e. The molecule has 3 aromatic rings. The van der Waals surface area contributed by atoms with Crippen molar-refractivity contribution < 1.29 is 22.7 Å². The minimum absolute atomic E-state index is 0.116. The van der Waals surface area contributed by atoms with Gasteiger partial charge in [0.25, 0.3) is 15.9 Å². The summed E-state index contributed by atoms with van der Waals surface area (Å²) in [5.41, 5.74) is 2.39. The lowest BCUT2D eigenvalue weighted by Crippen LogP contribution is -2.50. The van der Waals surface area contributed by atoms with Crippen LogP contribution in [0.3, 0.4) is 0 Å². The van der Waals surface area contributed by atoms with Crippen LogP contribution in [-0.2, 0) is 14.8 Å². The number of fused-ring (bicyclic) bond motifs is 1. The van der Waals surface area contributed by atoms with Crippen molar-refractivity contribution in [3.8, 4) is 0 Å². The van der Waals surface area contributed by atoms with Crippen molar-refractivity contribution in [2.45, 2.75) is 37.0 Å². The highest BCUT2D eigenvalue weighted by Crippen LogP contribution is 2.37. The van der Waals surface area contributed by atoms with Gasteiger partial charge in [0.15, 0.2) is 0 Å². The molecule has 2 fully saturated rings. The van der Waals surface area contributed by atoms with E-state index in [4.69, 9.17) is 4.74 Å². The molecule has 0 radical (unpaired) electrons. The quantitative estimate of drug-likeness (QED) is 0.519. The number of carbonyl (C=O) groups is 2. The molecule has 1 N–H and O–H groups in total. The molecule has 0 spiro atoms. The lowest BCUT2D eigenvalue weighted by atomic mass is 9.80. The molecule has 5 rings (SSSR count). The van der Waals surface area contributed by atoms with Crippen molar-refractivity contribution >= 4 is 38.6 Å². The molecule has 2 aromatic carbocycles. The normalized spacial score (nSPS) is 16.4. The molecule has 37 heavy (non-hydrogen) atoms. The molecule has 1 saturated heterocycles. The largest absolute Gasteiger partial charge is 0.450 e. The van der Waals surface area contributed by atoms with Crippen LogP contribution in [0.25, 0.3) is 10.9 Å². The van der Waals surface area contributed by atoms with Crippen molar-refractivity contribution in [1.82, 2.24) is 14.8 Å². The minimum atomic E-state index is -3.89. The Balaban J connectivity index is 1.26. The van der Waals surface area contributed by atoms with Crippen LogP contribution in [0.4, 0.5) is 10.5 Å². The number of anilines is 1. The Bertz CT molecular complexity index is 1410. The van der Waals surface area contributed by atoms with E-state index in [0.29, 0.717) is 55.5 Å². The van der Waals surface area contributed by atoms with Gasteiger partial charge in [-0.3, -0.25) is 14.5 Å². The van der Waals surface area contributed by atoms with Gasteiger partial charge in [0.1, 0.15) is 4.90 Å². The second-order valence-electron chi connectivity index (χ2n) is 9.39. The second kappa shape index (κ2) is 10.4. The molecule has 0 atom stereocenters. The van der Waals surface area contributed by atoms with Gasteiger partial charge in [0.05, 0.1) is 12.1 Å². The summed E-state index contributed by atoms with van der Waals surface area (Å²) < 4.78 is 34.1. The Labute approximate surface area is 216 Å². The maximum Gasteiger partial charge on any atom is 0.409 e. The summed E-state index contributed by atoms with van der Waals surface area (Å²) in [7, 11) is -3.89. The topological polar surface area (TPSA) is 109 Å². The van der Waals surface area contributed by atoms with Crippen molar-refractivity contribution in [2.75, 3.05) is 37.5 Å². The van der Waals surface area contributed by atoms with E-state index in [2.05, 4.69) is 9.71 Å². The molecule has 0 unspecified atom stereocenters. The van der Waals surface area contributed by atoms with Crippen molar-refractivity contribution in [3.05, 3.63) is 65.9 Å². The van der Waals surface area contributed by atoms with Gasteiger partial charge in [0.2, 0.25) is 0 Å². The zero-order valence-corrected chi connectivity index (χ0v) is 21.5. The van der Waals surface area contributed by atoms with E-state index in [1.165, 1.54) is 6.42 Å².